The number of nitrogens with one attached hydrogen (secondary N) is 1. The molecule has 3 heterocycles. The first-order valence-electron chi connectivity index (χ1n) is 7.42. The maximum absolute atomic E-state index is 10.2. The molecule has 0 aliphatic heterocycles. The summed E-state index contributed by atoms with van der Waals surface area (Å²) in [7, 11) is 1.85. The van der Waals surface area contributed by atoms with E-state index in [2.05, 4.69) is 20.4 Å². The fraction of sp³-hybridized carbons (Fsp3) is 0.118. The molecule has 24 heavy (non-hydrogen) atoms. The van der Waals surface area contributed by atoms with E-state index >= 15 is 0 Å². The van der Waals surface area contributed by atoms with E-state index < -0.39 is 0 Å². The Hall–Kier alpha value is -2.93. The van der Waals surface area contributed by atoms with Gasteiger partial charge in [-0.25, -0.2) is 9.97 Å². The summed E-state index contributed by atoms with van der Waals surface area (Å²) in [6, 6.07) is 7.31. The lowest BCUT2D eigenvalue weighted by atomic mass is 10.0. The van der Waals surface area contributed by atoms with Gasteiger partial charge in [0.05, 0.1) is 28.3 Å². The van der Waals surface area contributed by atoms with Gasteiger partial charge in [0.25, 0.3) is 0 Å². The van der Waals surface area contributed by atoms with Crippen molar-refractivity contribution in [2.24, 2.45) is 7.05 Å². The molecule has 0 spiro atoms. The highest BCUT2D eigenvalue weighted by Gasteiger charge is 2.16. The van der Waals surface area contributed by atoms with E-state index in [0.29, 0.717) is 5.95 Å². The highest BCUT2D eigenvalue weighted by Crippen LogP contribution is 2.40. The largest absolute Gasteiger partial charge is 0.507 e. The van der Waals surface area contributed by atoms with Crippen LogP contribution < -0.4 is 5.32 Å². The van der Waals surface area contributed by atoms with Crippen LogP contribution in [0.5, 0.6) is 5.75 Å². The molecule has 2 N–H and O–H groups in total. The average molecular weight is 337 g/mol. The Morgan fingerprint density at radius 2 is 2.04 bits per heavy atom. The minimum absolute atomic E-state index is 0.251. The van der Waals surface area contributed by atoms with Crippen LogP contribution in [0.4, 0.5) is 11.6 Å². The molecule has 0 radical (unpaired) electrons. The molecule has 3 aromatic heterocycles. The normalized spacial score (nSPS) is 11.1. The van der Waals surface area contributed by atoms with Crippen molar-refractivity contribution in [3.63, 3.8) is 0 Å². The van der Waals surface area contributed by atoms with E-state index in [0.717, 1.165) is 31.9 Å². The van der Waals surface area contributed by atoms with Crippen molar-refractivity contribution in [2.45, 2.75) is 6.92 Å². The van der Waals surface area contributed by atoms with Gasteiger partial charge >= 0.3 is 0 Å². The summed E-state index contributed by atoms with van der Waals surface area (Å²) in [6.45, 7) is 2.03. The number of para-hydroxylation sites is 1. The van der Waals surface area contributed by atoms with Gasteiger partial charge in [-0.15, -0.1) is 11.3 Å². The summed E-state index contributed by atoms with van der Waals surface area (Å²) in [5, 5.41) is 17.5. The van der Waals surface area contributed by atoms with Crippen LogP contribution in [0.2, 0.25) is 0 Å². The maximum Gasteiger partial charge on any atom is 0.227 e. The maximum atomic E-state index is 10.2. The Labute approximate surface area is 142 Å². The molecule has 0 fully saturated rings. The number of aromatic nitrogens is 4. The topological polar surface area (TPSA) is 75.9 Å². The number of fused-ring (bicyclic) bond motifs is 1. The third kappa shape index (κ3) is 2.48. The molecule has 0 atom stereocenters. The first kappa shape index (κ1) is 14.6. The lowest BCUT2D eigenvalue weighted by Gasteiger charge is -2.05. The smallest absolute Gasteiger partial charge is 0.227 e. The highest BCUT2D eigenvalue weighted by molar-refractivity contribution is 7.19. The third-order valence-electron chi connectivity index (χ3n) is 3.74. The highest BCUT2D eigenvalue weighted by atomic mass is 32.1. The zero-order valence-electron chi connectivity index (χ0n) is 13.2. The van der Waals surface area contributed by atoms with Crippen molar-refractivity contribution < 1.29 is 5.11 Å². The van der Waals surface area contributed by atoms with E-state index in [1.54, 1.807) is 28.3 Å². The lowest BCUT2D eigenvalue weighted by molar-refractivity contribution is 0.477. The molecule has 7 heteroatoms. The Kier molecular flexibility index (Phi) is 3.42. The number of phenols is 1. The number of aryl methyl sites for hydroxylation is 2. The lowest BCUT2D eigenvalue weighted by Crippen LogP contribution is -1.96. The SMILES string of the molecule is Cc1sc2cnc(Nc3cnn(C)c3)nc2c1-c1ccccc1O. The molecule has 0 saturated heterocycles. The van der Waals surface area contributed by atoms with Crippen LogP contribution in [0.25, 0.3) is 21.3 Å². The molecule has 0 aliphatic rings. The van der Waals surface area contributed by atoms with Gasteiger partial charge in [0.1, 0.15) is 5.75 Å². The zero-order chi connectivity index (χ0) is 16.7. The Morgan fingerprint density at radius 3 is 2.79 bits per heavy atom. The fourth-order valence-corrected chi connectivity index (χ4v) is 3.67. The van der Waals surface area contributed by atoms with Crippen LogP contribution in [-0.2, 0) is 7.05 Å². The number of anilines is 2. The van der Waals surface area contributed by atoms with Crippen molar-refractivity contribution in [3.05, 3.63) is 47.7 Å². The van der Waals surface area contributed by atoms with Crippen molar-refractivity contribution in [1.82, 2.24) is 19.7 Å². The standard InChI is InChI=1S/C17H15N5OS/c1-10-15(12-5-3-4-6-13(12)23)16-14(24-10)8-18-17(21-16)20-11-7-19-22(2)9-11/h3-9,23H,1-2H3,(H,18,20,21). The number of thiophene rings is 1. The van der Waals surface area contributed by atoms with E-state index in [-0.39, 0.29) is 5.75 Å². The predicted molar refractivity (Wildman–Crippen MR) is 95.7 cm³/mol. The van der Waals surface area contributed by atoms with E-state index in [1.807, 2.05) is 44.6 Å². The van der Waals surface area contributed by atoms with Gasteiger partial charge in [-0.2, -0.15) is 5.10 Å². The summed E-state index contributed by atoms with van der Waals surface area (Å²) in [4.78, 5) is 10.1. The molecule has 0 amide bonds. The first-order valence-corrected chi connectivity index (χ1v) is 8.23. The van der Waals surface area contributed by atoms with Crippen LogP contribution in [0, 0.1) is 6.92 Å². The number of hydrogen-bond acceptors (Lipinski definition) is 6. The fourth-order valence-electron chi connectivity index (χ4n) is 2.68. The number of rotatable bonds is 3. The molecule has 0 unspecified atom stereocenters. The van der Waals surface area contributed by atoms with E-state index in [4.69, 9.17) is 0 Å². The van der Waals surface area contributed by atoms with Crippen LogP contribution >= 0.6 is 11.3 Å². The van der Waals surface area contributed by atoms with Crippen molar-refractivity contribution in [1.29, 1.82) is 0 Å². The van der Waals surface area contributed by atoms with Crippen molar-refractivity contribution in [3.8, 4) is 16.9 Å². The summed E-state index contributed by atoms with van der Waals surface area (Å²) >= 11 is 1.62. The number of benzene rings is 1. The molecule has 4 aromatic rings. The van der Waals surface area contributed by atoms with Crippen molar-refractivity contribution in [2.75, 3.05) is 5.32 Å². The van der Waals surface area contributed by atoms with Crippen LogP contribution in [-0.4, -0.2) is 24.9 Å². The molecule has 0 bridgehead atoms. The summed E-state index contributed by atoms with van der Waals surface area (Å²) < 4.78 is 2.70. The second kappa shape index (κ2) is 5.61. The van der Waals surface area contributed by atoms with Gasteiger partial charge in [0.2, 0.25) is 5.95 Å². The molecule has 0 aliphatic carbocycles. The minimum Gasteiger partial charge on any atom is -0.507 e. The molecule has 4 rings (SSSR count). The molecule has 0 saturated carbocycles. The van der Waals surface area contributed by atoms with Gasteiger partial charge in [0.15, 0.2) is 0 Å². The van der Waals surface area contributed by atoms with Crippen LogP contribution in [0.1, 0.15) is 4.88 Å². The van der Waals surface area contributed by atoms with E-state index in [1.165, 1.54) is 0 Å². The van der Waals surface area contributed by atoms with Crippen LogP contribution in [0.3, 0.4) is 0 Å². The number of nitrogens with zero attached hydrogens (tertiary/aromatic N) is 4. The Balaban J connectivity index is 1.84. The predicted octanol–water partition coefficient (Wildman–Crippen LogP) is 3.85. The molecular weight excluding hydrogens is 322 g/mol. The first-order chi connectivity index (χ1) is 11.6. The van der Waals surface area contributed by atoms with Gasteiger partial charge in [-0.1, -0.05) is 18.2 Å². The Bertz CT molecular complexity index is 1040. The van der Waals surface area contributed by atoms with Gasteiger partial charge < -0.3 is 10.4 Å². The van der Waals surface area contributed by atoms with E-state index in [9.17, 15) is 5.11 Å². The molecule has 6 nitrogen and oxygen atoms in total. The van der Waals surface area contributed by atoms with Gasteiger partial charge in [0, 0.05) is 29.2 Å². The van der Waals surface area contributed by atoms with Crippen molar-refractivity contribution >= 4 is 33.2 Å². The average Bonchev–Trinajstić information content (AvgIpc) is 3.10. The molecular formula is C17H15N5OS. The summed E-state index contributed by atoms with van der Waals surface area (Å²) in [5.74, 6) is 0.755. The third-order valence-corrected chi connectivity index (χ3v) is 4.77. The minimum atomic E-state index is 0.251. The Morgan fingerprint density at radius 1 is 1.21 bits per heavy atom. The van der Waals surface area contributed by atoms with Gasteiger partial charge in [-0.05, 0) is 13.0 Å². The second-order valence-corrected chi connectivity index (χ2v) is 6.74. The van der Waals surface area contributed by atoms with Gasteiger partial charge in [-0.3, -0.25) is 4.68 Å². The van der Waals surface area contributed by atoms with Crippen LogP contribution in [0.15, 0.2) is 42.9 Å². The quantitative estimate of drug-likeness (QED) is 0.594. The summed E-state index contributed by atoms with van der Waals surface area (Å²) in [5.41, 5.74) is 3.39. The second-order valence-electron chi connectivity index (χ2n) is 5.48. The number of aromatic hydroxyl groups is 1. The number of hydrogen-bond donors (Lipinski definition) is 2. The zero-order valence-corrected chi connectivity index (χ0v) is 14.0. The molecule has 1 aromatic carbocycles. The summed E-state index contributed by atoms with van der Waals surface area (Å²) in [6.07, 6.45) is 5.38. The molecule has 120 valence electrons. The number of phenolic OH excluding ortho intramolecular Hbond substituents is 1. The monoisotopic (exact) mass is 337 g/mol.